The molecule has 0 saturated heterocycles. The third-order valence-electron chi connectivity index (χ3n) is 2.85. The van der Waals surface area contributed by atoms with Gasteiger partial charge in [0.2, 0.25) is 0 Å². The number of nitrogens with one attached hydrogen (secondary N) is 2. The van der Waals surface area contributed by atoms with Crippen molar-refractivity contribution in [3.63, 3.8) is 0 Å². The van der Waals surface area contributed by atoms with Crippen LogP contribution in [0.3, 0.4) is 0 Å². The summed E-state index contributed by atoms with van der Waals surface area (Å²) in [6.45, 7) is 7.25. The van der Waals surface area contributed by atoms with Crippen molar-refractivity contribution < 1.29 is 4.74 Å². The minimum atomic E-state index is 0. The number of guanidine groups is 1. The highest BCUT2D eigenvalue weighted by Gasteiger charge is 1.99. The molecule has 0 bridgehead atoms. The van der Waals surface area contributed by atoms with Crippen molar-refractivity contribution in [1.82, 2.24) is 15.6 Å². The van der Waals surface area contributed by atoms with E-state index >= 15 is 0 Å². The number of hydrogen-bond donors (Lipinski definition) is 2. The zero-order valence-corrected chi connectivity index (χ0v) is 16.5. The quantitative estimate of drug-likeness (QED) is 0.214. The fourth-order valence-electron chi connectivity index (χ4n) is 1.58. The first-order valence-corrected chi connectivity index (χ1v) is 7.62. The molecule has 0 amide bonds. The Morgan fingerprint density at radius 2 is 2.09 bits per heavy atom. The first-order valence-electron chi connectivity index (χ1n) is 7.24. The van der Waals surface area contributed by atoms with Gasteiger partial charge >= 0.3 is 0 Å². The minimum Gasteiger partial charge on any atom is -0.380 e. The maximum Gasteiger partial charge on any atom is 0.191 e. The summed E-state index contributed by atoms with van der Waals surface area (Å²) < 4.78 is 5.55. The van der Waals surface area contributed by atoms with Gasteiger partial charge in [0.15, 0.2) is 5.96 Å². The van der Waals surface area contributed by atoms with Crippen molar-refractivity contribution in [3.05, 3.63) is 29.0 Å². The maximum absolute atomic E-state index is 5.75. The van der Waals surface area contributed by atoms with Gasteiger partial charge in [0.1, 0.15) is 5.15 Å². The standard InChI is InChI=1S/C15H25ClN4O.HI/c1-12(2)6-8-21-9-7-18-15(17-3)20-11-13-4-5-14(16)19-10-13;/h4-5,10,12H,6-9,11H2,1-3H3,(H2,17,18,20);1H. The first-order chi connectivity index (χ1) is 10.1. The molecule has 1 aromatic rings. The molecule has 0 radical (unpaired) electrons. The fourth-order valence-corrected chi connectivity index (χ4v) is 1.69. The summed E-state index contributed by atoms with van der Waals surface area (Å²) in [5.41, 5.74) is 1.05. The third-order valence-corrected chi connectivity index (χ3v) is 3.07. The van der Waals surface area contributed by atoms with Gasteiger partial charge in [0, 0.05) is 32.9 Å². The lowest BCUT2D eigenvalue weighted by Crippen LogP contribution is -2.38. The normalized spacial score (nSPS) is 11.2. The monoisotopic (exact) mass is 440 g/mol. The molecule has 1 rings (SSSR count). The number of pyridine rings is 1. The highest BCUT2D eigenvalue weighted by Crippen LogP contribution is 2.04. The van der Waals surface area contributed by atoms with Gasteiger partial charge in [-0.25, -0.2) is 4.98 Å². The molecule has 0 unspecified atom stereocenters. The molecule has 0 aliphatic rings. The van der Waals surface area contributed by atoms with E-state index in [-0.39, 0.29) is 24.0 Å². The van der Waals surface area contributed by atoms with Gasteiger partial charge in [0.05, 0.1) is 6.61 Å². The molecule has 0 aliphatic heterocycles. The van der Waals surface area contributed by atoms with Crippen LogP contribution in [0, 0.1) is 5.92 Å². The Morgan fingerprint density at radius 3 is 2.68 bits per heavy atom. The number of ether oxygens (including phenoxy) is 1. The van der Waals surface area contributed by atoms with E-state index in [1.165, 1.54) is 0 Å². The van der Waals surface area contributed by atoms with E-state index in [2.05, 4.69) is 34.5 Å². The van der Waals surface area contributed by atoms with E-state index < -0.39 is 0 Å². The van der Waals surface area contributed by atoms with Crippen LogP contribution in [0.1, 0.15) is 25.8 Å². The lowest BCUT2D eigenvalue weighted by atomic mass is 10.1. The summed E-state index contributed by atoms with van der Waals surface area (Å²) in [7, 11) is 1.75. The molecule has 1 aromatic heterocycles. The van der Waals surface area contributed by atoms with Crippen molar-refractivity contribution in [2.45, 2.75) is 26.8 Å². The molecule has 5 nitrogen and oxygen atoms in total. The van der Waals surface area contributed by atoms with E-state index in [4.69, 9.17) is 16.3 Å². The van der Waals surface area contributed by atoms with Crippen LogP contribution in [0.2, 0.25) is 5.15 Å². The Balaban J connectivity index is 0.00000441. The van der Waals surface area contributed by atoms with Crippen molar-refractivity contribution in [2.75, 3.05) is 26.8 Å². The molecule has 0 fully saturated rings. The summed E-state index contributed by atoms with van der Waals surface area (Å²) in [4.78, 5) is 8.20. The van der Waals surface area contributed by atoms with Crippen LogP contribution in [-0.2, 0) is 11.3 Å². The van der Waals surface area contributed by atoms with Gasteiger partial charge in [-0.05, 0) is 24.0 Å². The second-order valence-corrected chi connectivity index (χ2v) is 5.52. The van der Waals surface area contributed by atoms with Crippen LogP contribution < -0.4 is 10.6 Å². The molecule has 0 atom stereocenters. The number of aromatic nitrogens is 1. The van der Waals surface area contributed by atoms with Gasteiger partial charge in [-0.3, -0.25) is 4.99 Å². The molecule has 0 aromatic carbocycles. The molecule has 0 aliphatic carbocycles. The van der Waals surface area contributed by atoms with Crippen LogP contribution in [0.5, 0.6) is 0 Å². The summed E-state index contributed by atoms with van der Waals surface area (Å²) in [6.07, 6.45) is 2.84. The summed E-state index contributed by atoms with van der Waals surface area (Å²) in [6, 6.07) is 3.71. The zero-order chi connectivity index (χ0) is 15.5. The Hall–Kier alpha value is -0.600. The van der Waals surface area contributed by atoms with Crippen molar-refractivity contribution in [1.29, 1.82) is 0 Å². The highest BCUT2D eigenvalue weighted by atomic mass is 127. The second kappa shape index (κ2) is 12.9. The average molecular weight is 441 g/mol. The predicted molar refractivity (Wildman–Crippen MR) is 103 cm³/mol. The van der Waals surface area contributed by atoms with Crippen LogP contribution in [-0.4, -0.2) is 37.7 Å². The minimum absolute atomic E-state index is 0. The fraction of sp³-hybridized carbons (Fsp3) is 0.600. The Morgan fingerprint density at radius 1 is 1.32 bits per heavy atom. The number of halogens is 2. The lowest BCUT2D eigenvalue weighted by molar-refractivity contribution is 0.128. The van der Waals surface area contributed by atoms with Crippen LogP contribution >= 0.6 is 35.6 Å². The Labute approximate surface area is 155 Å². The second-order valence-electron chi connectivity index (χ2n) is 5.14. The molecular weight excluding hydrogens is 415 g/mol. The SMILES string of the molecule is CN=C(NCCOCCC(C)C)NCc1ccc(Cl)nc1.I. The molecule has 2 N–H and O–H groups in total. The Bertz CT molecular complexity index is 426. The topological polar surface area (TPSA) is 58.5 Å². The van der Waals surface area contributed by atoms with Crippen LogP contribution in [0.25, 0.3) is 0 Å². The highest BCUT2D eigenvalue weighted by molar-refractivity contribution is 14.0. The molecule has 7 heteroatoms. The molecule has 22 heavy (non-hydrogen) atoms. The van der Waals surface area contributed by atoms with E-state index in [1.54, 1.807) is 19.3 Å². The van der Waals surface area contributed by atoms with Gasteiger partial charge in [-0.1, -0.05) is 31.5 Å². The van der Waals surface area contributed by atoms with Crippen LogP contribution in [0.4, 0.5) is 0 Å². The van der Waals surface area contributed by atoms with E-state index in [0.717, 1.165) is 31.1 Å². The van der Waals surface area contributed by atoms with Crippen molar-refractivity contribution in [3.8, 4) is 0 Å². The number of nitrogens with zero attached hydrogens (tertiary/aromatic N) is 2. The third kappa shape index (κ3) is 10.2. The van der Waals surface area contributed by atoms with Gasteiger partial charge in [-0.15, -0.1) is 24.0 Å². The maximum atomic E-state index is 5.75. The van der Waals surface area contributed by atoms with Crippen molar-refractivity contribution in [2.24, 2.45) is 10.9 Å². The summed E-state index contributed by atoms with van der Waals surface area (Å²) >= 11 is 5.75. The smallest absolute Gasteiger partial charge is 0.191 e. The zero-order valence-electron chi connectivity index (χ0n) is 13.4. The largest absolute Gasteiger partial charge is 0.380 e. The van der Waals surface area contributed by atoms with Gasteiger partial charge < -0.3 is 15.4 Å². The van der Waals surface area contributed by atoms with E-state index in [1.807, 2.05) is 6.07 Å². The summed E-state index contributed by atoms with van der Waals surface area (Å²) in [5, 5.41) is 6.92. The van der Waals surface area contributed by atoms with Crippen LogP contribution in [0.15, 0.2) is 23.3 Å². The van der Waals surface area contributed by atoms with Gasteiger partial charge in [0.25, 0.3) is 0 Å². The predicted octanol–water partition coefficient (Wildman–Crippen LogP) is 3.08. The number of aliphatic imine (C=N–C) groups is 1. The number of rotatable bonds is 8. The summed E-state index contributed by atoms with van der Waals surface area (Å²) in [5.74, 6) is 1.43. The number of hydrogen-bond acceptors (Lipinski definition) is 3. The molecule has 1 heterocycles. The molecule has 0 spiro atoms. The lowest BCUT2D eigenvalue weighted by Gasteiger charge is -2.12. The first kappa shape index (κ1) is 21.4. The van der Waals surface area contributed by atoms with Crippen molar-refractivity contribution >= 4 is 41.5 Å². The Kier molecular flexibility index (Phi) is 12.5. The molecular formula is C15H26ClIN4O. The average Bonchev–Trinajstić information content (AvgIpc) is 2.47. The van der Waals surface area contributed by atoms with E-state index in [9.17, 15) is 0 Å². The van der Waals surface area contributed by atoms with Gasteiger partial charge in [-0.2, -0.15) is 0 Å². The molecule has 126 valence electrons. The molecule has 0 saturated carbocycles. The van der Waals surface area contributed by atoms with E-state index in [0.29, 0.717) is 24.2 Å².